The maximum atomic E-state index is 13.0. The fraction of sp³-hybridized carbons (Fsp3) is 0.269. The molecule has 1 aliphatic heterocycles. The first kappa shape index (κ1) is 22.9. The Bertz CT molecular complexity index is 1350. The van der Waals surface area contributed by atoms with Crippen molar-refractivity contribution in [2.75, 3.05) is 12.4 Å². The van der Waals surface area contributed by atoms with Crippen LogP contribution in [0.5, 0.6) is 5.75 Å². The highest BCUT2D eigenvalue weighted by molar-refractivity contribution is 5.74. The van der Waals surface area contributed by atoms with E-state index in [2.05, 4.69) is 15.4 Å². The number of methoxy groups -OCH3 is 1. The molecule has 0 amide bonds. The lowest BCUT2D eigenvalue weighted by molar-refractivity contribution is -0.137. The number of anilines is 2. The summed E-state index contributed by atoms with van der Waals surface area (Å²) in [5.74, 6) is 1.77. The lowest BCUT2D eigenvalue weighted by Gasteiger charge is -2.22. The highest BCUT2D eigenvalue weighted by Crippen LogP contribution is 2.37. The average molecular weight is 480 g/mol. The van der Waals surface area contributed by atoms with Crippen LogP contribution in [-0.4, -0.2) is 26.9 Å². The monoisotopic (exact) mass is 479 g/mol. The molecular formula is C26H24F3N5O. The summed E-state index contributed by atoms with van der Waals surface area (Å²) in [5.41, 5.74) is 3.79. The average Bonchev–Trinajstić information content (AvgIpc) is 3.26. The molecule has 0 aliphatic carbocycles. The molecule has 2 aromatic heterocycles. The van der Waals surface area contributed by atoms with Crippen molar-refractivity contribution in [1.29, 1.82) is 0 Å². The highest BCUT2D eigenvalue weighted by Gasteiger charge is 2.31. The van der Waals surface area contributed by atoms with Gasteiger partial charge in [-0.15, -0.1) is 5.10 Å². The molecule has 3 heterocycles. The molecule has 1 N–H and O–H groups in total. The standard InChI is InChI=1S/C26H24F3N5O/c1-16-14-18(11-12-30-16)21-10-9-20(15-23(21)35-2)31-25-32-24-22(4-3-13-34(24)33-25)17-5-7-19(8-6-17)26(27,28)29/h5-12,14-15,22H,3-4,13H2,1-2H3,(H,31,33). The van der Waals surface area contributed by atoms with Crippen molar-refractivity contribution in [1.82, 2.24) is 19.7 Å². The van der Waals surface area contributed by atoms with Crippen LogP contribution in [-0.2, 0) is 12.7 Å². The van der Waals surface area contributed by atoms with E-state index in [1.807, 2.05) is 41.9 Å². The Balaban J connectivity index is 1.40. The molecule has 1 atom stereocenters. The number of pyridine rings is 1. The van der Waals surface area contributed by atoms with Gasteiger partial charge in [0.2, 0.25) is 5.95 Å². The van der Waals surface area contributed by atoms with Crippen molar-refractivity contribution in [3.63, 3.8) is 0 Å². The number of fused-ring (bicyclic) bond motifs is 1. The number of alkyl halides is 3. The van der Waals surface area contributed by atoms with Crippen LogP contribution in [0, 0.1) is 6.92 Å². The predicted molar refractivity (Wildman–Crippen MR) is 127 cm³/mol. The number of nitrogens with zero attached hydrogens (tertiary/aromatic N) is 4. The largest absolute Gasteiger partial charge is 0.496 e. The zero-order chi connectivity index (χ0) is 24.6. The van der Waals surface area contributed by atoms with Gasteiger partial charge in [-0.3, -0.25) is 4.98 Å². The molecule has 0 fully saturated rings. The number of nitrogens with one attached hydrogen (secondary N) is 1. The Morgan fingerprint density at radius 1 is 1.06 bits per heavy atom. The zero-order valence-electron chi connectivity index (χ0n) is 19.3. The van der Waals surface area contributed by atoms with Crippen LogP contribution >= 0.6 is 0 Å². The number of hydrogen-bond donors (Lipinski definition) is 1. The van der Waals surface area contributed by atoms with Crippen molar-refractivity contribution in [2.24, 2.45) is 0 Å². The molecule has 4 aromatic rings. The van der Waals surface area contributed by atoms with E-state index < -0.39 is 11.7 Å². The van der Waals surface area contributed by atoms with E-state index >= 15 is 0 Å². The van der Waals surface area contributed by atoms with Crippen LogP contribution < -0.4 is 10.1 Å². The van der Waals surface area contributed by atoms with E-state index in [-0.39, 0.29) is 5.92 Å². The van der Waals surface area contributed by atoms with E-state index in [1.165, 1.54) is 12.1 Å². The van der Waals surface area contributed by atoms with Crippen LogP contribution in [0.1, 0.15) is 41.4 Å². The number of ether oxygens (including phenoxy) is 1. The maximum absolute atomic E-state index is 13.0. The van der Waals surface area contributed by atoms with Crippen molar-refractivity contribution < 1.29 is 17.9 Å². The van der Waals surface area contributed by atoms with E-state index in [4.69, 9.17) is 9.72 Å². The second-order valence-corrected chi connectivity index (χ2v) is 8.56. The smallest absolute Gasteiger partial charge is 0.416 e. The summed E-state index contributed by atoms with van der Waals surface area (Å²) in [7, 11) is 1.62. The minimum Gasteiger partial charge on any atom is -0.496 e. The number of rotatable bonds is 5. The van der Waals surface area contributed by atoms with Gasteiger partial charge in [-0.2, -0.15) is 18.2 Å². The van der Waals surface area contributed by atoms with E-state index in [1.54, 1.807) is 13.3 Å². The summed E-state index contributed by atoms with van der Waals surface area (Å²) in [4.78, 5) is 8.94. The van der Waals surface area contributed by atoms with Gasteiger partial charge in [0.05, 0.1) is 12.7 Å². The van der Waals surface area contributed by atoms with Crippen molar-refractivity contribution >= 4 is 11.6 Å². The lowest BCUT2D eigenvalue weighted by Crippen LogP contribution is -2.18. The summed E-state index contributed by atoms with van der Waals surface area (Å²) >= 11 is 0. The number of halogens is 3. The third-order valence-electron chi connectivity index (χ3n) is 6.18. The van der Waals surface area contributed by atoms with Crippen molar-refractivity contribution in [3.05, 3.63) is 83.4 Å². The Morgan fingerprint density at radius 3 is 2.57 bits per heavy atom. The molecule has 0 saturated carbocycles. The molecule has 1 aliphatic rings. The molecule has 0 bridgehead atoms. The Kier molecular flexibility index (Phi) is 5.92. The molecule has 1 unspecified atom stereocenters. The third-order valence-corrected chi connectivity index (χ3v) is 6.18. The topological polar surface area (TPSA) is 64.9 Å². The van der Waals surface area contributed by atoms with Gasteiger partial charge in [0, 0.05) is 41.7 Å². The molecule has 6 nitrogen and oxygen atoms in total. The van der Waals surface area contributed by atoms with Crippen LogP contribution in [0.25, 0.3) is 11.1 Å². The summed E-state index contributed by atoms with van der Waals surface area (Å²) < 4.78 is 46.3. The first-order chi connectivity index (χ1) is 16.8. The van der Waals surface area contributed by atoms with Crippen molar-refractivity contribution in [2.45, 2.75) is 38.4 Å². The highest BCUT2D eigenvalue weighted by atomic mass is 19.4. The third kappa shape index (κ3) is 4.71. The summed E-state index contributed by atoms with van der Waals surface area (Å²) in [6.07, 6.45) is -0.912. The molecule has 9 heteroatoms. The second kappa shape index (κ2) is 9.05. The van der Waals surface area contributed by atoms with Crippen molar-refractivity contribution in [3.8, 4) is 16.9 Å². The zero-order valence-corrected chi connectivity index (χ0v) is 19.3. The summed E-state index contributed by atoms with van der Waals surface area (Å²) in [6, 6.07) is 15.0. The minimum atomic E-state index is -4.35. The van der Waals surface area contributed by atoms with Gasteiger partial charge in [0.1, 0.15) is 11.6 Å². The van der Waals surface area contributed by atoms with Gasteiger partial charge in [-0.05, 0) is 67.3 Å². The Hall–Kier alpha value is -3.88. The van der Waals surface area contributed by atoms with Gasteiger partial charge >= 0.3 is 6.18 Å². The number of hydrogen-bond acceptors (Lipinski definition) is 5. The SMILES string of the molecule is COc1cc(Nc2nc3n(n2)CCCC3c2ccc(C(F)(F)F)cc2)ccc1-c1ccnc(C)c1. The van der Waals surface area contributed by atoms with Gasteiger partial charge in [0.25, 0.3) is 0 Å². The molecule has 180 valence electrons. The first-order valence-electron chi connectivity index (χ1n) is 11.3. The molecular weight excluding hydrogens is 455 g/mol. The Morgan fingerprint density at radius 2 is 1.86 bits per heavy atom. The Labute approximate surface area is 200 Å². The molecule has 0 radical (unpaired) electrons. The maximum Gasteiger partial charge on any atom is 0.416 e. The van der Waals surface area contributed by atoms with Gasteiger partial charge < -0.3 is 10.1 Å². The fourth-order valence-corrected chi connectivity index (χ4v) is 4.47. The molecule has 5 rings (SSSR count). The van der Waals surface area contributed by atoms with Gasteiger partial charge in [-0.25, -0.2) is 4.68 Å². The lowest BCUT2D eigenvalue weighted by atomic mass is 9.90. The van der Waals surface area contributed by atoms with Crippen LogP contribution in [0.4, 0.5) is 24.8 Å². The first-order valence-corrected chi connectivity index (χ1v) is 11.3. The summed E-state index contributed by atoms with van der Waals surface area (Å²) in [6.45, 7) is 2.65. The van der Waals surface area contributed by atoms with Crippen LogP contribution in [0.3, 0.4) is 0 Å². The number of benzene rings is 2. The quantitative estimate of drug-likeness (QED) is 0.362. The van der Waals surface area contributed by atoms with Gasteiger partial charge in [-0.1, -0.05) is 12.1 Å². The van der Waals surface area contributed by atoms with Gasteiger partial charge in [0.15, 0.2) is 0 Å². The second-order valence-electron chi connectivity index (χ2n) is 8.56. The fourth-order valence-electron chi connectivity index (χ4n) is 4.47. The normalized spacial score (nSPS) is 15.5. The molecule has 35 heavy (non-hydrogen) atoms. The van der Waals surface area contributed by atoms with Crippen LogP contribution in [0.2, 0.25) is 0 Å². The minimum absolute atomic E-state index is 0.110. The summed E-state index contributed by atoms with van der Waals surface area (Å²) in [5, 5.41) is 7.83. The molecule has 2 aromatic carbocycles. The number of aryl methyl sites for hydroxylation is 2. The van der Waals surface area contributed by atoms with E-state index in [0.29, 0.717) is 18.2 Å². The molecule has 0 spiro atoms. The van der Waals surface area contributed by atoms with E-state index in [9.17, 15) is 13.2 Å². The number of aromatic nitrogens is 4. The molecule has 0 saturated heterocycles. The van der Waals surface area contributed by atoms with Crippen LogP contribution in [0.15, 0.2) is 60.8 Å². The van der Waals surface area contributed by atoms with E-state index in [0.717, 1.165) is 58.9 Å². The predicted octanol–water partition coefficient (Wildman–Crippen LogP) is 6.35.